The van der Waals surface area contributed by atoms with Gasteiger partial charge in [0.1, 0.15) is 4.91 Å². The molecular formula is C29H23N3OS2. The van der Waals surface area contributed by atoms with Crippen LogP contribution in [0.5, 0.6) is 0 Å². The predicted molar refractivity (Wildman–Crippen MR) is 148 cm³/mol. The number of rotatable bonds is 4. The third kappa shape index (κ3) is 4.24. The molecule has 4 aromatic carbocycles. The van der Waals surface area contributed by atoms with Crippen LogP contribution in [0.1, 0.15) is 5.56 Å². The molecule has 0 spiro atoms. The highest BCUT2D eigenvalue weighted by Gasteiger charge is 2.38. The largest absolute Gasteiger partial charge is 0.337 e. The van der Waals surface area contributed by atoms with Gasteiger partial charge in [0, 0.05) is 18.5 Å². The van der Waals surface area contributed by atoms with Gasteiger partial charge >= 0.3 is 0 Å². The quantitative estimate of drug-likeness (QED) is 0.285. The molecule has 0 N–H and O–H groups in total. The molecule has 2 aliphatic heterocycles. The van der Waals surface area contributed by atoms with Gasteiger partial charge in [-0.15, -0.1) is 0 Å². The number of carbonyl (C=O) groups excluding carboxylic acids is 1. The summed E-state index contributed by atoms with van der Waals surface area (Å²) >= 11 is 3.13. The minimum atomic E-state index is 0.0210. The molecule has 172 valence electrons. The smallest absolute Gasteiger partial charge is 0.269 e. The van der Waals surface area contributed by atoms with Crippen LogP contribution in [0.2, 0.25) is 0 Å². The van der Waals surface area contributed by atoms with Crippen molar-refractivity contribution in [3.63, 3.8) is 0 Å². The Labute approximate surface area is 213 Å². The van der Waals surface area contributed by atoms with E-state index in [0.29, 0.717) is 6.54 Å². The maximum absolute atomic E-state index is 13.7. The van der Waals surface area contributed by atoms with Crippen molar-refractivity contribution in [3.05, 3.63) is 113 Å². The minimum absolute atomic E-state index is 0.0210. The third-order valence-electron chi connectivity index (χ3n) is 6.22. The Morgan fingerprint density at radius 1 is 0.800 bits per heavy atom. The van der Waals surface area contributed by atoms with Gasteiger partial charge in [-0.05, 0) is 58.8 Å². The number of aliphatic imine (C=N–C) groups is 1. The van der Waals surface area contributed by atoms with Gasteiger partial charge in [-0.1, -0.05) is 84.6 Å². The zero-order chi connectivity index (χ0) is 23.8. The summed E-state index contributed by atoms with van der Waals surface area (Å²) in [5.41, 5.74) is 3.19. The Kier molecular flexibility index (Phi) is 5.84. The summed E-state index contributed by atoms with van der Waals surface area (Å²) in [5.74, 6) is 0.0210. The zero-order valence-electron chi connectivity index (χ0n) is 19.2. The highest BCUT2D eigenvalue weighted by Crippen LogP contribution is 2.50. The van der Waals surface area contributed by atoms with Crippen molar-refractivity contribution in [3.8, 4) is 0 Å². The molecule has 1 amide bonds. The number of hydrogen-bond donors (Lipinski definition) is 0. The number of fused-ring (bicyclic) bond motifs is 2. The van der Waals surface area contributed by atoms with Crippen LogP contribution in [0.25, 0.3) is 10.8 Å². The molecule has 0 bridgehead atoms. The van der Waals surface area contributed by atoms with Crippen molar-refractivity contribution in [2.24, 2.45) is 4.99 Å². The average molecular weight is 494 g/mol. The summed E-state index contributed by atoms with van der Waals surface area (Å²) in [7, 11) is 2.03. The second kappa shape index (κ2) is 9.29. The van der Waals surface area contributed by atoms with Gasteiger partial charge in [0.25, 0.3) is 5.91 Å². The molecule has 2 aliphatic rings. The van der Waals surface area contributed by atoms with Crippen LogP contribution in [0.4, 0.5) is 11.4 Å². The summed E-state index contributed by atoms with van der Waals surface area (Å²) < 4.78 is 0. The Morgan fingerprint density at radius 3 is 2.37 bits per heavy atom. The molecule has 0 radical (unpaired) electrons. The highest BCUT2D eigenvalue weighted by atomic mass is 32.2. The first-order chi connectivity index (χ1) is 17.2. The van der Waals surface area contributed by atoms with E-state index in [-0.39, 0.29) is 5.91 Å². The molecule has 6 heteroatoms. The fraction of sp³-hybridized carbons (Fsp3) is 0.103. The number of amides is 1. The van der Waals surface area contributed by atoms with Gasteiger partial charge in [0.05, 0.1) is 16.4 Å². The van der Waals surface area contributed by atoms with Crippen molar-refractivity contribution in [2.75, 3.05) is 18.5 Å². The van der Waals surface area contributed by atoms with Crippen molar-refractivity contribution in [2.45, 2.75) is 11.3 Å². The van der Waals surface area contributed by atoms with Crippen LogP contribution in [0.15, 0.2) is 117 Å². The number of hydrogen-bond acceptors (Lipinski definition) is 5. The Morgan fingerprint density at radius 2 is 1.54 bits per heavy atom. The van der Waals surface area contributed by atoms with Crippen molar-refractivity contribution in [1.82, 2.24) is 4.90 Å². The number of amidine groups is 1. The fourth-order valence-electron chi connectivity index (χ4n) is 4.36. The van der Waals surface area contributed by atoms with E-state index in [4.69, 9.17) is 4.99 Å². The predicted octanol–water partition coefficient (Wildman–Crippen LogP) is 7.06. The standard InChI is InChI=1S/C29H23N3OS2/c1-31-24-13-7-8-14-25(24)34-28(31)26-27(33)32(18-17-20-9-3-2-4-10-20)29(35-26)30-23-16-15-21-11-5-6-12-22(21)19-23/h2-16,19H,17-18H2,1H3. The van der Waals surface area contributed by atoms with Crippen molar-refractivity contribution in [1.29, 1.82) is 0 Å². The molecule has 0 aromatic heterocycles. The summed E-state index contributed by atoms with van der Waals surface area (Å²) in [5, 5.41) is 4.01. The lowest BCUT2D eigenvalue weighted by Gasteiger charge is -2.17. The first-order valence-corrected chi connectivity index (χ1v) is 13.2. The lowest BCUT2D eigenvalue weighted by molar-refractivity contribution is -0.122. The van der Waals surface area contributed by atoms with Crippen LogP contribution < -0.4 is 4.90 Å². The number of para-hydroxylation sites is 1. The maximum Gasteiger partial charge on any atom is 0.269 e. The Bertz CT molecular complexity index is 1500. The van der Waals surface area contributed by atoms with Gasteiger partial charge in [-0.25, -0.2) is 4.99 Å². The van der Waals surface area contributed by atoms with Gasteiger partial charge in [0.15, 0.2) is 5.17 Å². The molecule has 0 aliphatic carbocycles. The van der Waals surface area contributed by atoms with E-state index >= 15 is 0 Å². The highest BCUT2D eigenvalue weighted by molar-refractivity contribution is 8.19. The first-order valence-electron chi connectivity index (χ1n) is 11.5. The number of thioether (sulfide) groups is 2. The van der Waals surface area contributed by atoms with Gasteiger partial charge < -0.3 is 4.90 Å². The van der Waals surface area contributed by atoms with E-state index in [2.05, 4.69) is 53.4 Å². The minimum Gasteiger partial charge on any atom is -0.337 e. The summed E-state index contributed by atoms with van der Waals surface area (Å²) in [6.45, 7) is 0.584. The fourth-order valence-corrected chi connectivity index (χ4v) is 6.73. The van der Waals surface area contributed by atoms with Crippen LogP contribution in [0, 0.1) is 0 Å². The lowest BCUT2D eigenvalue weighted by Crippen LogP contribution is -2.31. The van der Waals surface area contributed by atoms with E-state index in [1.54, 1.807) is 11.8 Å². The normalized spacial score (nSPS) is 18.7. The Balaban J connectivity index is 1.38. The maximum atomic E-state index is 13.7. The van der Waals surface area contributed by atoms with Crippen LogP contribution in [0.3, 0.4) is 0 Å². The topological polar surface area (TPSA) is 35.9 Å². The van der Waals surface area contributed by atoms with E-state index in [1.807, 2.05) is 60.5 Å². The number of carbonyl (C=O) groups is 1. The molecule has 4 aromatic rings. The molecule has 1 saturated heterocycles. The van der Waals surface area contributed by atoms with Crippen molar-refractivity contribution < 1.29 is 4.79 Å². The number of anilines is 1. The molecule has 0 atom stereocenters. The second-order valence-corrected chi connectivity index (χ2v) is 10.5. The monoisotopic (exact) mass is 493 g/mol. The van der Waals surface area contributed by atoms with E-state index in [1.165, 1.54) is 27.6 Å². The second-order valence-electron chi connectivity index (χ2n) is 8.48. The van der Waals surface area contributed by atoms with Gasteiger partial charge in [0.2, 0.25) is 0 Å². The summed E-state index contributed by atoms with van der Waals surface area (Å²) in [4.78, 5) is 24.6. The molecule has 4 nitrogen and oxygen atoms in total. The first kappa shape index (κ1) is 22.0. The Hall–Kier alpha value is -3.48. The molecule has 2 heterocycles. The molecule has 1 fully saturated rings. The lowest BCUT2D eigenvalue weighted by atomic mass is 10.1. The molecule has 35 heavy (non-hydrogen) atoms. The molecule has 0 unspecified atom stereocenters. The van der Waals surface area contributed by atoms with Crippen LogP contribution in [-0.2, 0) is 11.2 Å². The van der Waals surface area contributed by atoms with Crippen LogP contribution in [-0.4, -0.2) is 29.6 Å². The van der Waals surface area contributed by atoms with E-state index in [0.717, 1.165) is 38.3 Å². The van der Waals surface area contributed by atoms with E-state index in [9.17, 15) is 4.79 Å². The third-order valence-corrected chi connectivity index (χ3v) is 8.65. The van der Waals surface area contributed by atoms with Gasteiger partial charge in [-0.2, -0.15) is 0 Å². The number of benzene rings is 4. The molecular weight excluding hydrogens is 470 g/mol. The van der Waals surface area contributed by atoms with E-state index < -0.39 is 0 Å². The summed E-state index contributed by atoms with van der Waals surface area (Å²) in [6, 6.07) is 33.0. The number of nitrogens with zero attached hydrogens (tertiary/aromatic N) is 3. The van der Waals surface area contributed by atoms with Crippen molar-refractivity contribution >= 4 is 56.7 Å². The summed E-state index contributed by atoms with van der Waals surface area (Å²) in [6.07, 6.45) is 0.774. The molecule has 6 rings (SSSR count). The van der Waals surface area contributed by atoms with Gasteiger partial charge in [-0.3, -0.25) is 9.69 Å². The zero-order valence-corrected chi connectivity index (χ0v) is 20.9. The molecule has 0 saturated carbocycles. The average Bonchev–Trinajstić information content (AvgIpc) is 3.39. The van der Waals surface area contributed by atoms with Crippen LogP contribution >= 0.6 is 23.5 Å². The SMILES string of the molecule is CN1C(=C2SC(=Nc3ccc4ccccc4c3)N(CCc3ccccc3)C2=O)Sc2ccccc21.